The summed E-state index contributed by atoms with van der Waals surface area (Å²) in [5.41, 5.74) is 1.65. The van der Waals surface area contributed by atoms with E-state index in [0.717, 1.165) is 17.8 Å². The van der Waals surface area contributed by atoms with Crippen LogP contribution in [0.2, 0.25) is 0 Å². The van der Waals surface area contributed by atoms with Gasteiger partial charge in [-0.25, -0.2) is 0 Å². The number of piperidine rings is 1. The van der Waals surface area contributed by atoms with Crippen molar-refractivity contribution in [3.8, 4) is 0 Å². The van der Waals surface area contributed by atoms with Crippen molar-refractivity contribution in [3.05, 3.63) is 36.9 Å². The molecule has 26 heavy (non-hydrogen) atoms. The third-order valence-electron chi connectivity index (χ3n) is 4.99. The van der Waals surface area contributed by atoms with Crippen molar-refractivity contribution in [2.24, 2.45) is 5.92 Å². The van der Waals surface area contributed by atoms with Crippen LogP contribution in [-0.4, -0.2) is 55.3 Å². The van der Waals surface area contributed by atoms with Crippen molar-refractivity contribution in [2.45, 2.75) is 18.9 Å². The summed E-state index contributed by atoms with van der Waals surface area (Å²) < 4.78 is 0. The van der Waals surface area contributed by atoms with E-state index in [1.165, 1.54) is 6.08 Å². The van der Waals surface area contributed by atoms with Gasteiger partial charge in [-0.3, -0.25) is 14.4 Å². The number of hydrogen-bond acceptors (Lipinski definition) is 4. The average Bonchev–Trinajstić information content (AvgIpc) is 2.80. The molecule has 0 radical (unpaired) electrons. The Kier molecular flexibility index (Phi) is 5.25. The first-order valence-electron chi connectivity index (χ1n) is 8.83. The molecule has 7 heteroatoms. The Morgan fingerprint density at radius 3 is 2.88 bits per heavy atom. The lowest BCUT2D eigenvalue weighted by Gasteiger charge is -2.32. The highest BCUT2D eigenvalue weighted by molar-refractivity contribution is 6.03. The zero-order valence-electron chi connectivity index (χ0n) is 14.9. The minimum absolute atomic E-state index is 0.161. The molecule has 2 aliphatic rings. The van der Waals surface area contributed by atoms with Crippen LogP contribution in [0.5, 0.6) is 0 Å². The molecule has 0 bridgehead atoms. The van der Waals surface area contributed by atoms with Crippen LogP contribution in [-0.2, 0) is 14.4 Å². The van der Waals surface area contributed by atoms with Gasteiger partial charge in [-0.15, -0.1) is 0 Å². The van der Waals surface area contributed by atoms with E-state index in [9.17, 15) is 14.4 Å². The second-order valence-corrected chi connectivity index (χ2v) is 6.68. The molecule has 138 valence electrons. The molecule has 1 unspecified atom stereocenters. The molecule has 0 aromatic heterocycles. The van der Waals surface area contributed by atoms with Gasteiger partial charge in [-0.05, 0) is 31.1 Å². The van der Waals surface area contributed by atoms with Crippen LogP contribution in [0, 0.1) is 5.92 Å². The fourth-order valence-electron chi connectivity index (χ4n) is 3.49. The summed E-state index contributed by atoms with van der Waals surface area (Å²) in [4.78, 5) is 40.4. The first kappa shape index (κ1) is 18.0. The summed E-state index contributed by atoms with van der Waals surface area (Å²) >= 11 is 0. The SMILES string of the molecule is C=CC(=O)N1CCCC(C(=O)N[C@H]2CNc3ccccc3N(C)C2=O)C1. The molecule has 1 saturated heterocycles. The van der Waals surface area contributed by atoms with Gasteiger partial charge in [0.15, 0.2) is 0 Å². The molecular formula is C19H24N4O3. The first-order chi connectivity index (χ1) is 12.5. The molecule has 2 atom stereocenters. The number of nitrogens with zero attached hydrogens (tertiary/aromatic N) is 2. The number of likely N-dealkylation sites (N-methyl/N-ethyl adjacent to an activating group) is 1. The van der Waals surface area contributed by atoms with Gasteiger partial charge in [0.2, 0.25) is 11.8 Å². The molecule has 2 aliphatic heterocycles. The number of carbonyl (C=O) groups is 3. The number of rotatable bonds is 3. The molecule has 1 aromatic carbocycles. The smallest absolute Gasteiger partial charge is 0.251 e. The van der Waals surface area contributed by atoms with Crippen LogP contribution < -0.4 is 15.5 Å². The Morgan fingerprint density at radius 2 is 2.12 bits per heavy atom. The lowest BCUT2D eigenvalue weighted by molar-refractivity contribution is -0.134. The predicted octanol–water partition coefficient (Wildman–Crippen LogP) is 0.984. The van der Waals surface area contributed by atoms with E-state index in [2.05, 4.69) is 17.2 Å². The monoisotopic (exact) mass is 356 g/mol. The van der Waals surface area contributed by atoms with Crippen LogP contribution in [0.25, 0.3) is 0 Å². The summed E-state index contributed by atoms with van der Waals surface area (Å²) in [5, 5.41) is 6.09. The van der Waals surface area contributed by atoms with Gasteiger partial charge in [0.05, 0.1) is 17.3 Å². The van der Waals surface area contributed by atoms with Crippen molar-refractivity contribution >= 4 is 29.1 Å². The number of benzene rings is 1. The zero-order chi connectivity index (χ0) is 18.7. The average molecular weight is 356 g/mol. The number of carbonyl (C=O) groups excluding carboxylic acids is 3. The van der Waals surface area contributed by atoms with E-state index < -0.39 is 6.04 Å². The molecule has 2 N–H and O–H groups in total. The van der Waals surface area contributed by atoms with E-state index >= 15 is 0 Å². The molecule has 3 rings (SSSR count). The Bertz CT molecular complexity index is 733. The molecule has 1 fully saturated rings. The largest absolute Gasteiger partial charge is 0.381 e. The second-order valence-electron chi connectivity index (χ2n) is 6.68. The molecule has 7 nitrogen and oxygen atoms in total. The Hall–Kier alpha value is -2.83. The van der Waals surface area contributed by atoms with Gasteiger partial charge in [0, 0.05) is 26.7 Å². The Morgan fingerprint density at radius 1 is 1.35 bits per heavy atom. The maximum atomic E-state index is 12.7. The van der Waals surface area contributed by atoms with Gasteiger partial charge >= 0.3 is 0 Å². The standard InChI is InChI=1S/C19H24N4O3/c1-3-17(24)23-10-6-7-13(12-23)18(25)21-15-11-20-14-8-4-5-9-16(14)22(2)19(15)26/h3-5,8-9,13,15,20H,1,6-7,10-12H2,2H3,(H,21,25)/t13?,15-/m0/s1. The Balaban J connectivity index is 1.67. The quantitative estimate of drug-likeness (QED) is 0.791. The molecule has 0 aliphatic carbocycles. The van der Waals surface area contributed by atoms with E-state index in [1.54, 1.807) is 16.8 Å². The summed E-state index contributed by atoms with van der Waals surface area (Å²) in [6, 6.07) is 6.89. The predicted molar refractivity (Wildman–Crippen MR) is 99.8 cm³/mol. The maximum Gasteiger partial charge on any atom is 0.251 e. The summed E-state index contributed by atoms with van der Waals surface area (Å²) in [7, 11) is 1.71. The maximum absolute atomic E-state index is 12.7. The number of anilines is 2. The minimum Gasteiger partial charge on any atom is -0.381 e. The van der Waals surface area contributed by atoms with E-state index in [0.29, 0.717) is 26.1 Å². The molecule has 2 heterocycles. The first-order valence-corrected chi connectivity index (χ1v) is 8.83. The molecule has 0 saturated carbocycles. The number of amides is 3. The fraction of sp³-hybridized carbons (Fsp3) is 0.421. The number of nitrogens with one attached hydrogen (secondary N) is 2. The molecule has 3 amide bonds. The minimum atomic E-state index is -0.648. The summed E-state index contributed by atoms with van der Waals surface area (Å²) in [6.45, 7) is 4.82. The summed E-state index contributed by atoms with van der Waals surface area (Å²) in [6.07, 6.45) is 2.74. The number of para-hydroxylation sites is 2. The van der Waals surface area contributed by atoms with E-state index in [-0.39, 0.29) is 23.6 Å². The van der Waals surface area contributed by atoms with Crippen LogP contribution >= 0.6 is 0 Å². The van der Waals surface area contributed by atoms with Crippen LogP contribution in [0.15, 0.2) is 36.9 Å². The topological polar surface area (TPSA) is 81.8 Å². The van der Waals surface area contributed by atoms with Gasteiger partial charge in [-0.1, -0.05) is 18.7 Å². The van der Waals surface area contributed by atoms with Crippen molar-refractivity contribution in [1.82, 2.24) is 10.2 Å². The third kappa shape index (κ3) is 3.56. The highest BCUT2D eigenvalue weighted by Crippen LogP contribution is 2.27. The van der Waals surface area contributed by atoms with E-state index in [4.69, 9.17) is 0 Å². The number of fused-ring (bicyclic) bond motifs is 1. The highest BCUT2D eigenvalue weighted by Gasteiger charge is 2.33. The van der Waals surface area contributed by atoms with Gasteiger partial charge in [0.1, 0.15) is 6.04 Å². The molecule has 0 spiro atoms. The van der Waals surface area contributed by atoms with Crippen molar-refractivity contribution in [1.29, 1.82) is 0 Å². The number of likely N-dealkylation sites (tertiary alicyclic amines) is 1. The van der Waals surface area contributed by atoms with Gasteiger partial charge in [0.25, 0.3) is 5.91 Å². The summed E-state index contributed by atoms with van der Waals surface area (Å²) in [5.74, 6) is -0.821. The zero-order valence-corrected chi connectivity index (χ0v) is 14.9. The fourth-order valence-corrected chi connectivity index (χ4v) is 3.49. The van der Waals surface area contributed by atoms with Crippen LogP contribution in [0.1, 0.15) is 12.8 Å². The molecular weight excluding hydrogens is 332 g/mol. The van der Waals surface area contributed by atoms with Crippen molar-refractivity contribution in [3.63, 3.8) is 0 Å². The Labute approximate surface area is 153 Å². The number of hydrogen-bond donors (Lipinski definition) is 2. The molecule has 1 aromatic rings. The lowest BCUT2D eigenvalue weighted by Crippen LogP contribution is -2.53. The van der Waals surface area contributed by atoms with Crippen molar-refractivity contribution in [2.75, 3.05) is 36.9 Å². The highest BCUT2D eigenvalue weighted by atomic mass is 16.2. The van der Waals surface area contributed by atoms with Gasteiger partial charge in [-0.2, -0.15) is 0 Å². The van der Waals surface area contributed by atoms with Crippen LogP contribution in [0.3, 0.4) is 0 Å². The van der Waals surface area contributed by atoms with Crippen molar-refractivity contribution < 1.29 is 14.4 Å². The van der Waals surface area contributed by atoms with Gasteiger partial charge < -0.3 is 20.4 Å². The second kappa shape index (κ2) is 7.59. The van der Waals surface area contributed by atoms with Crippen LogP contribution in [0.4, 0.5) is 11.4 Å². The third-order valence-corrected chi connectivity index (χ3v) is 4.99. The van der Waals surface area contributed by atoms with E-state index in [1.807, 2.05) is 24.3 Å². The lowest BCUT2D eigenvalue weighted by atomic mass is 9.96. The normalized spacial score (nSPS) is 22.7.